The summed E-state index contributed by atoms with van der Waals surface area (Å²) in [7, 11) is 0. The summed E-state index contributed by atoms with van der Waals surface area (Å²) in [5.41, 5.74) is 2.28. The van der Waals surface area contributed by atoms with E-state index in [1.54, 1.807) is 47.9 Å². The fourth-order valence-electron chi connectivity index (χ4n) is 2.16. The summed E-state index contributed by atoms with van der Waals surface area (Å²) < 4.78 is 1.70. The SMILES string of the molecule is Cc1nc2cc(Cl)ccn2c1C(=O)Nc1ccccc1Cl. The number of carbonyl (C=O) groups is 1. The molecule has 2 heterocycles. The standard InChI is InChI=1S/C15H11Cl2N3O/c1-9-14(20-7-6-10(16)8-13(20)18-9)15(21)19-12-5-3-2-4-11(12)17/h2-8H,1H3,(H,19,21). The lowest BCUT2D eigenvalue weighted by Crippen LogP contribution is -2.15. The third-order valence-corrected chi connectivity index (χ3v) is 3.66. The van der Waals surface area contributed by atoms with Crippen LogP contribution in [0.15, 0.2) is 42.6 Å². The predicted octanol–water partition coefficient (Wildman–Crippen LogP) is 4.20. The van der Waals surface area contributed by atoms with Crippen LogP contribution in [0.4, 0.5) is 5.69 Å². The molecule has 0 atom stereocenters. The number of aryl methyl sites for hydroxylation is 1. The van der Waals surface area contributed by atoms with E-state index in [-0.39, 0.29) is 5.91 Å². The Kier molecular flexibility index (Phi) is 3.57. The molecular weight excluding hydrogens is 309 g/mol. The van der Waals surface area contributed by atoms with Crippen molar-refractivity contribution in [2.24, 2.45) is 0 Å². The van der Waals surface area contributed by atoms with Crippen LogP contribution in [0, 0.1) is 6.92 Å². The van der Waals surface area contributed by atoms with Gasteiger partial charge in [0.2, 0.25) is 0 Å². The largest absolute Gasteiger partial charge is 0.319 e. The number of aromatic nitrogens is 2. The molecule has 0 spiro atoms. The van der Waals surface area contributed by atoms with Crippen LogP contribution in [-0.4, -0.2) is 15.3 Å². The molecule has 4 nitrogen and oxygen atoms in total. The maximum atomic E-state index is 12.5. The number of anilines is 1. The molecule has 2 aromatic heterocycles. The van der Waals surface area contributed by atoms with E-state index in [0.717, 1.165) is 0 Å². The fourth-order valence-corrected chi connectivity index (χ4v) is 2.49. The van der Waals surface area contributed by atoms with Gasteiger partial charge in [0.25, 0.3) is 5.91 Å². The smallest absolute Gasteiger partial charge is 0.274 e. The number of nitrogens with zero attached hydrogens (tertiary/aromatic N) is 2. The van der Waals surface area contributed by atoms with Gasteiger partial charge in [0.1, 0.15) is 11.3 Å². The number of halogens is 2. The number of pyridine rings is 1. The van der Waals surface area contributed by atoms with E-state index in [2.05, 4.69) is 10.3 Å². The Bertz CT molecular complexity index is 842. The molecule has 0 saturated carbocycles. The number of para-hydroxylation sites is 1. The molecule has 6 heteroatoms. The van der Waals surface area contributed by atoms with E-state index >= 15 is 0 Å². The Balaban J connectivity index is 2.02. The number of benzene rings is 1. The van der Waals surface area contributed by atoms with Crippen LogP contribution >= 0.6 is 23.2 Å². The molecule has 0 aliphatic carbocycles. The average Bonchev–Trinajstić information content (AvgIpc) is 2.76. The third kappa shape index (κ3) is 2.60. The fraction of sp³-hybridized carbons (Fsp3) is 0.0667. The predicted molar refractivity (Wildman–Crippen MR) is 84.3 cm³/mol. The van der Waals surface area contributed by atoms with Crippen molar-refractivity contribution in [2.75, 3.05) is 5.32 Å². The molecular formula is C15H11Cl2N3O. The van der Waals surface area contributed by atoms with Crippen molar-refractivity contribution in [1.29, 1.82) is 0 Å². The van der Waals surface area contributed by atoms with E-state index in [1.807, 2.05) is 6.07 Å². The third-order valence-electron chi connectivity index (χ3n) is 3.10. The van der Waals surface area contributed by atoms with Crippen LogP contribution in [0.1, 0.15) is 16.2 Å². The van der Waals surface area contributed by atoms with Crippen LogP contribution in [0.3, 0.4) is 0 Å². The van der Waals surface area contributed by atoms with Gasteiger partial charge in [-0.05, 0) is 25.1 Å². The number of carbonyl (C=O) groups excluding carboxylic acids is 1. The molecule has 3 rings (SSSR count). The van der Waals surface area contributed by atoms with E-state index in [4.69, 9.17) is 23.2 Å². The Hall–Kier alpha value is -2.04. The number of nitrogens with one attached hydrogen (secondary N) is 1. The first-order chi connectivity index (χ1) is 10.1. The second kappa shape index (κ2) is 5.39. The van der Waals surface area contributed by atoms with Crippen molar-refractivity contribution in [3.63, 3.8) is 0 Å². The van der Waals surface area contributed by atoms with Crippen LogP contribution in [-0.2, 0) is 0 Å². The summed E-state index contributed by atoms with van der Waals surface area (Å²) in [6.07, 6.45) is 1.72. The minimum Gasteiger partial charge on any atom is -0.319 e. The summed E-state index contributed by atoms with van der Waals surface area (Å²) >= 11 is 12.0. The normalized spacial score (nSPS) is 10.8. The average molecular weight is 320 g/mol. The second-order valence-electron chi connectivity index (χ2n) is 4.55. The highest BCUT2D eigenvalue weighted by molar-refractivity contribution is 6.34. The van der Waals surface area contributed by atoms with Crippen molar-refractivity contribution < 1.29 is 4.79 Å². The van der Waals surface area contributed by atoms with Gasteiger partial charge in [0.15, 0.2) is 0 Å². The van der Waals surface area contributed by atoms with E-state index in [1.165, 1.54) is 0 Å². The minimum atomic E-state index is -0.268. The number of hydrogen-bond acceptors (Lipinski definition) is 2. The molecule has 1 aromatic carbocycles. The topological polar surface area (TPSA) is 46.4 Å². The van der Waals surface area contributed by atoms with Crippen LogP contribution < -0.4 is 5.32 Å². The number of imidazole rings is 1. The molecule has 21 heavy (non-hydrogen) atoms. The van der Waals surface area contributed by atoms with Gasteiger partial charge in [-0.25, -0.2) is 4.98 Å². The van der Waals surface area contributed by atoms with E-state index < -0.39 is 0 Å². The molecule has 106 valence electrons. The van der Waals surface area contributed by atoms with Gasteiger partial charge in [-0.1, -0.05) is 35.3 Å². The second-order valence-corrected chi connectivity index (χ2v) is 5.40. The van der Waals surface area contributed by atoms with Gasteiger partial charge in [0.05, 0.1) is 16.4 Å². The molecule has 0 aliphatic heterocycles. The van der Waals surface area contributed by atoms with Gasteiger partial charge >= 0.3 is 0 Å². The first-order valence-corrected chi connectivity index (χ1v) is 7.02. The summed E-state index contributed by atoms with van der Waals surface area (Å²) in [5, 5.41) is 3.86. The van der Waals surface area contributed by atoms with Gasteiger partial charge in [-0.3, -0.25) is 9.20 Å². The first kappa shape index (κ1) is 13.9. The number of rotatable bonds is 2. The summed E-state index contributed by atoms with van der Waals surface area (Å²) in [4.78, 5) is 16.8. The molecule has 1 N–H and O–H groups in total. The van der Waals surface area contributed by atoms with Gasteiger partial charge in [-0.15, -0.1) is 0 Å². The van der Waals surface area contributed by atoms with Crippen molar-refractivity contribution in [1.82, 2.24) is 9.38 Å². The van der Waals surface area contributed by atoms with Crippen molar-refractivity contribution in [3.05, 3.63) is 64.0 Å². The van der Waals surface area contributed by atoms with Crippen LogP contribution in [0.5, 0.6) is 0 Å². The van der Waals surface area contributed by atoms with Crippen molar-refractivity contribution in [2.45, 2.75) is 6.92 Å². The lowest BCUT2D eigenvalue weighted by molar-refractivity contribution is 0.102. The maximum Gasteiger partial charge on any atom is 0.274 e. The molecule has 3 aromatic rings. The summed E-state index contributed by atoms with van der Waals surface area (Å²) in [6, 6.07) is 10.5. The zero-order valence-corrected chi connectivity index (χ0v) is 12.6. The van der Waals surface area contributed by atoms with Crippen LogP contribution in [0.2, 0.25) is 10.0 Å². The Morgan fingerprint density at radius 2 is 2.00 bits per heavy atom. The van der Waals surface area contributed by atoms with Crippen molar-refractivity contribution >= 4 is 40.4 Å². The highest BCUT2D eigenvalue weighted by Gasteiger charge is 2.17. The number of amides is 1. The molecule has 1 amide bonds. The van der Waals surface area contributed by atoms with Crippen LogP contribution in [0.25, 0.3) is 5.65 Å². The molecule has 0 bridgehead atoms. The lowest BCUT2D eigenvalue weighted by atomic mass is 10.3. The zero-order chi connectivity index (χ0) is 15.0. The van der Waals surface area contributed by atoms with Crippen molar-refractivity contribution in [3.8, 4) is 0 Å². The molecule has 0 saturated heterocycles. The van der Waals surface area contributed by atoms with Gasteiger partial charge < -0.3 is 5.32 Å². The highest BCUT2D eigenvalue weighted by Crippen LogP contribution is 2.22. The maximum absolute atomic E-state index is 12.5. The Morgan fingerprint density at radius 3 is 2.76 bits per heavy atom. The lowest BCUT2D eigenvalue weighted by Gasteiger charge is -2.07. The molecule has 0 unspecified atom stereocenters. The van der Waals surface area contributed by atoms with E-state index in [0.29, 0.717) is 32.8 Å². The molecule has 0 aliphatic rings. The van der Waals surface area contributed by atoms with Gasteiger partial charge in [-0.2, -0.15) is 0 Å². The Morgan fingerprint density at radius 1 is 1.24 bits per heavy atom. The number of fused-ring (bicyclic) bond motifs is 1. The summed E-state index contributed by atoms with van der Waals surface area (Å²) in [6.45, 7) is 1.78. The monoisotopic (exact) mass is 319 g/mol. The highest BCUT2D eigenvalue weighted by atomic mass is 35.5. The zero-order valence-electron chi connectivity index (χ0n) is 11.1. The Labute approximate surface area is 131 Å². The molecule has 0 radical (unpaired) electrons. The number of hydrogen-bond donors (Lipinski definition) is 1. The minimum absolute atomic E-state index is 0.268. The first-order valence-electron chi connectivity index (χ1n) is 6.26. The van der Waals surface area contributed by atoms with Gasteiger partial charge in [0, 0.05) is 17.3 Å². The summed E-state index contributed by atoms with van der Waals surface area (Å²) in [5.74, 6) is -0.268. The molecule has 0 fully saturated rings. The quantitative estimate of drug-likeness (QED) is 0.769. The van der Waals surface area contributed by atoms with E-state index in [9.17, 15) is 4.79 Å².